The monoisotopic (exact) mass is 393 g/mol. The van der Waals surface area contributed by atoms with E-state index in [4.69, 9.17) is 0 Å². The number of hydrogen-bond acceptors (Lipinski definition) is 5. The Morgan fingerprint density at radius 1 is 1.17 bits per heavy atom. The second-order valence-electron chi connectivity index (χ2n) is 6.93. The molecule has 0 aliphatic rings. The first-order chi connectivity index (χ1) is 13.9. The number of nitrogens with zero attached hydrogens (tertiary/aromatic N) is 3. The summed E-state index contributed by atoms with van der Waals surface area (Å²) >= 11 is 0. The number of carbonyl (C=O) groups is 1. The highest BCUT2D eigenvalue weighted by Gasteiger charge is 2.23. The van der Waals surface area contributed by atoms with Gasteiger partial charge in [-0.3, -0.25) is 14.0 Å². The van der Waals surface area contributed by atoms with Gasteiger partial charge in [-0.1, -0.05) is 0 Å². The van der Waals surface area contributed by atoms with Crippen LogP contribution in [0.5, 0.6) is 0 Å². The molecule has 2 aromatic heterocycles. The van der Waals surface area contributed by atoms with Crippen molar-refractivity contribution < 1.29 is 9.18 Å². The summed E-state index contributed by atoms with van der Waals surface area (Å²) in [4.78, 5) is 31.7. The van der Waals surface area contributed by atoms with Crippen molar-refractivity contribution in [3.05, 3.63) is 58.1 Å². The molecule has 0 unspecified atom stereocenters. The van der Waals surface area contributed by atoms with Crippen molar-refractivity contribution in [1.29, 1.82) is 0 Å². The zero-order chi connectivity index (χ0) is 20.9. The number of aromatic nitrogens is 2. The summed E-state index contributed by atoms with van der Waals surface area (Å²) in [5, 5.41) is 5.40. The lowest BCUT2D eigenvalue weighted by atomic mass is 10.1. The largest absolute Gasteiger partial charge is 0.384 e. The van der Waals surface area contributed by atoms with Gasteiger partial charge in [0.15, 0.2) is 0 Å². The normalized spacial score (nSPS) is 11.2. The van der Waals surface area contributed by atoms with Crippen LogP contribution in [0.1, 0.15) is 10.4 Å². The second-order valence-corrected chi connectivity index (χ2v) is 6.93. The minimum atomic E-state index is -0.597. The minimum Gasteiger partial charge on any atom is -0.384 e. The third-order valence-corrected chi connectivity index (χ3v) is 5.02. The van der Waals surface area contributed by atoms with Gasteiger partial charge in [-0.25, -0.2) is 9.37 Å². The molecule has 0 atom stereocenters. The van der Waals surface area contributed by atoms with Gasteiger partial charge in [-0.2, -0.15) is 0 Å². The number of pyridine rings is 1. The smallest absolute Gasteiger partial charge is 0.256 e. The predicted molar refractivity (Wildman–Crippen MR) is 113 cm³/mol. The zero-order valence-electron chi connectivity index (χ0n) is 16.5. The van der Waals surface area contributed by atoms with E-state index in [-0.39, 0.29) is 16.6 Å². The van der Waals surface area contributed by atoms with Crippen LogP contribution in [0, 0.1) is 5.82 Å². The number of nitrogens with one attached hydrogen (secondary N) is 2. The fourth-order valence-electron chi connectivity index (χ4n) is 3.52. The number of anilines is 2. The van der Waals surface area contributed by atoms with Crippen LogP contribution in [0.15, 0.2) is 41.3 Å². The Kier molecular flexibility index (Phi) is 4.34. The minimum absolute atomic E-state index is 0.0675. The van der Waals surface area contributed by atoms with Gasteiger partial charge in [-0.15, -0.1) is 0 Å². The molecule has 0 aliphatic carbocycles. The molecule has 7 nitrogen and oxygen atoms in total. The summed E-state index contributed by atoms with van der Waals surface area (Å²) in [7, 11) is 6.93. The summed E-state index contributed by atoms with van der Waals surface area (Å²) in [5.74, 6) is -0.613. The lowest BCUT2D eigenvalue weighted by Crippen LogP contribution is -2.26. The highest BCUT2D eigenvalue weighted by molar-refractivity contribution is 6.05. The van der Waals surface area contributed by atoms with E-state index in [1.807, 2.05) is 43.3 Å². The Morgan fingerprint density at radius 3 is 2.45 bits per heavy atom. The number of carbonyl (C=O) groups excluding carboxylic acids is 1. The first kappa shape index (κ1) is 18.7. The van der Waals surface area contributed by atoms with E-state index in [2.05, 4.69) is 15.6 Å². The zero-order valence-corrected chi connectivity index (χ0v) is 16.5. The molecule has 0 radical (unpaired) electrons. The standard InChI is InChI=1S/C21H20FN5O2/c1-23-16-15(22)9-13-18-17(16)25-20(11-5-7-12(8-6-11)26(3)4)27(18)10-14(19(13)28)21(29)24-2/h5-10,23H,1-4H3,(H,24,29). The third-order valence-electron chi connectivity index (χ3n) is 5.02. The Balaban J connectivity index is 2.12. The molecule has 2 heterocycles. The van der Waals surface area contributed by atoms with Crippen molar-refractivity contribution in [2.24, 2.45) is 0 Å². The van der Waals surface area contributed by atoms with Crippen molar-refractivity contribution in [1.82, 2.24) is 14.7 Å². The van der Waals surface area contributed by atoms with Crippen LogP contribution in [0.2, 0.25) is 0 Å². The molecule has 2 N–H and O–H groups in total. The molecular formula is C21H20FN5O2. The van der Waals surface area contributed by atoms with Crippen LogP contribution in [0.3, 0.4) is 0 Å². The molecule has 29 heavy (non-hydrogen) atoms. The van der Waals surface area contributed by atoms with E-state index < -0.39 is 17.2 Å². The van der Waals surface area contributed by atoms with Crippen LogP contribution in [-0.4, -0.2) is 43.5 Å². The summed E-state index contributed by atoms with van der Waals surface area (Å²) in [6, 6.07) is 8.85. The number of amides is 1. The van der Waals surface area contributed by atoms with Gasteiger partial charge >= 0.3 is 0 Å². The first-order valence-electron chi connectivity index (χ1n) is 9.06. The third kappa shape index (κ3) is 2.75. The lowest BCUT2D eigenvalue weighted by Gasteiger charge is -2.12. The maximum absolute atomic E-state index is 14.7. The number of rotatable bonds is 4. The number of hydrogen-bond donors (Lipinski definition) is 2. The fraction of sp³-hybridized carbons (Fsp3) is 0.190. The lowest BCUT2D eigenvalue weighted by molar-refractivity contribution is 0.0961. The predicted octanol–water partition coefficient (Wildman–Crippen LogP) is 2.56. The second kappa shape index (κ2) is 6.73. The van der Waals surface area contributed by atoms with E-state index >= 15 is 0 Å². The number of imidazole rings is 1. The van der Waals surface area contributed by atoms with Crippen molar-refractivity contribution in [3.63, 3.8) is 0 Å². The molecule has 0 aliphatic heterocycles. The van der Waals surface area contributed by atoms with E-state index in [1.54, 1.807) is 11.4 Å². The van der Waals surface area contributed by atoms with Crippen molar-refractivity contribution in [3.8, 4) is 11.4 Å². The molecule has 148 valence electrons. The van der Waals surface area contributed by atoms with Gasteiger partial charge in [0.25, 0.3) is 5.91 Å². The van der Waals surface area contributed by atoms with Crippen LogP contribution in [0.25, 0.3) is 27.8 Å². The van der Waals surface area contributed by atoms with Gasteiger partial charge in [-0.05, 0) is 30.3 Å². The highest BCUT2D eigenvalue weighted by atomic mass is 19.1. The quantitative estimate of drug-likeness (QED) is 0.557. The highest BCUT2D eigenvalue weighted by Crippen LogP contribution is 2.33. The van der Waals surface area contributed by atoms with Crippen molar-refractivity contribution in [2.45, 2.75) is 0 Å². The number of benzene rings is 2. The summed E-state index contributed by atoms with van der Waals surface area (Å²) in [5.41, 5.74) is 2.22. The Bertz CT molecular complexity index is 1300. The molecule has 8 heteroatoms. The van der Waals surface area contributed by atoms with Crippen LogP contribution >= 0.6 is 0 Å². The first-order valence-corrected chi connectivity index (χ1v) is 9.06. The Labute approximate surface area is 166 Å². The average molecular weight is 393 g/mol. The van der Waals surface area contributed by atoms with Gasteiger partial charge in [0.1, 0.15) is 22.7 Å². The summed E-state index contributed by atoms with van der Waals surface area (Å²) in [6.45, 7) is 0. The maximum Gasteiger partial charge on any atom is 0.256 e. The SMILES string of the molecule is CNC(=O)c1cn2c(-c3ccc(N(C)C)cc3)nc3c(NC)c(F)cc(c1=O)c32. The van der Waals surface area contributed by atoms with Crippen LogP contribution in [0.4, 0.5) is 15.8 Å². The Hall–Kier alpha value is -3.68. The van der Waals surface area contributed by atoms with E-state index in [1.165, 1.54) is 13.2 Å². The van der Waals surface area contributed by atoms with Gasteiger partial charge in [0.2, 0.25) is 5.43 Å². The van der Waals surface area contributed by atoms with E-state index in [0.717, 1.165) is 17.3 Å². The number of halogens is 1. The molecule has 0 saturated heterocycles. The molecule has 0 fully saturated rings. The van der Waals surface area contributed by atoms with Gasteiger partial charge in [0.05, 0.1) is 16.6 Å². The molecule has 0 bridgehead atoms. The van der Waals surface area contributed by atoms with Crippen LogP contribution < -0.4 is 21.0 Å². The summed E-state index contributed by atoms with van der Waals surface area (Å²) in [6.07, 6.45) is 1.47. The Morgan fingerprint density at radius 2 is 1.86 bits per heavy atom. The average Bonchev–Trinajstić information content (AvgIpc) is 3.09. The molecule has 2 aromatic carbocycles. The van der Waals surface area contributed by atoms with E-state index in [0.29, 0.717) is 16.9 Å². The van der Waals surface area contributed by atoms with Crippen LogP contribution in [-0.2, 0) is 0 Å². The van der Waals surface area contributed by atoms with E-state index in [9.17, 15) is 14.0 Å². The molecule has 4 aromatic rings. The van der Waals surface area contributed by atoms with Gasteiger partial charge < -0.3 is 15.5 Å². The summed E-state index contributed by atoms with van der Waals surface area (Å²) < 4.78 is 16.4. The van der Waals surface area contributed by atoms with Crippen molar-refractivity contribution in [2.75, 3.05) is 38.4 Å². The molecule has 4 rings (SSSR count). The molecule has 1 amide bonds. The molecule has 0 spiro atoms. The molecule has 0 saturated carbocycles. The van der Waals surface area contributed by atoms with Crippen molar-refractivity contribution >= 4 is 33.7 Å². The maximum atomic E-state index is 14.7. The topological polar surface area (TPSA) is 78.7 Å². The van der Waals surface area contributed by atoms with Gasteiger partial charge in [0, 0.05) is 45.6 Å². The fourth-order valence-corrected chi connectivity index (χ4v) is 3.52. The molecular weight excluding hydrogens is 373 g/mol.